The number of nitrogens with one attached hydrogen (secondary N) is 2. The molecule has 0 aliphatic rings. The van der Waals surface area contributed by atoms with Crippen LogP contribution in [0.25, 0.3) is 21.8 Å². The van der Waals surface area contributed by atoms with Crippen LogP contribution in [0.15, 0.2) is 15.1 Å². The van der Waals surface area contributed by atoms with E-state index in [1.165, 1.54) is 0 Å². The summed E-state index contributed by atoms with van der Waals surface area (Å²) in [6.45, 7) is 0. The van der Waals surface area contributed by atoms with Crippen LogP contribution in [0.4, 0.5) is 0 Å². The lowest BCUT2D eigenvalue weighted by atomic mass is 10.1. The Kier molecular flexibility index (Phi) is 2.23. The van der Waals surface area contributed by atoms with Crippen LogP contribution in [0.3, 0.4) is 0 Å². The summed E-state index contributed by atoms with van der Waals surface area (Å²) in [6, 6.07) is 0. The zero-order chi connectivity index (χ0) is 12.2. The summed E-state index contributed by atoms with van der Waals surface area (Å²) >= 11 is 6.76. The lowest BCUT2D eigenvalue weighted by Gasteiger charge is -2.01. The number of H-pyrrole nitrogens is 2. The second kappa shape index (κ2) is 3.54. The lowest BCUT2D eigenvalue weighted by molar-refractivity contribution is 0.0692. The van der Waals surface area contributed by atoms with E-state index in [1.807, 2.05) is 0 Å². The highest BCUT2D eigenvalue weighted by molar-refractivity contribution is 9.13. The molecule has 0 radical (unpaired) electrons. The quantitative estimate of drug-likeness (QED) is 0.622. The van der Waals surface area contributed by atoms with Crippen LogP contribution in [0.1, 0.15) is 10.5 Å². The van der Waals surface area contributed by atoms with Crippen molar-refractivity contribution in [2.45, 2.75) is 0 Å². The summed E-state index contributed by atoms with van der Waals surface area (Å²) in [5.41, 5.74) is 1.39. The van der Waals surface area contributed by atoms with Gasteiger partial charge in [-0.25, -0.2) is 4.79 Å². The number of halogens is 2. The van der Waals surface area contributed by atoms with Gasteiger partial charge in [-0.05, 0) is 31.9 Å². The van der Waals surface area contributed by atoms with Gasteiger partial charge in [0.2, 0.25) is 0 Å². The van der Waals surface area contributed by atoms with Crippen molar-refractivity contribution in [3.63, 3.8) is 0 Å². The number of fused-ring (bicyclic) bond motifs is 3. The molecule has 2 heterocycles. The average molecular weight is 360 g/mol. The van der Waals surface area contributed by atoms with Crippen molar-refractivity contribution in [2.24, 2.45) is 0 Å². The van der Waals surface area contributed by atoms with Crippen molar-refractivity contribution < 1.29 is 9.90 Å². The van der Waals surface area contributed by atoms with Crippen LogP contribution in [0.2, 0.25) is 0 Å². The highest BCUT2D eigenvalue weighted by Gasteiger charge is 2.21. The maximum Gasteiger partial charge on any atom is 0.354 e. The van der Waals surface area contributed by atoms with Gasteiger partial charge in [-0.2, -0.15) is 10.2 Å². The zero-order valence-corrected chi connectivity index (χ0v) is 11.3. The fourth-order valence-corrected chi connectivity index (χ4v) is 2.84. The van der Waals surface area contributed by atoms with Crippen LogP contribution in [0, 0.1) is 0 Å². The molecule has 2 aromatic heterocycles. The van der Waals surface area contributed by atoms with Crippen molar-refractivity contribution >= 4 is 59.6 Å². The topological polar surface area (TPSA) is 94.7 Å². The van der Waals surface area contributed by atoms with E-state index < -0.39 is 5.97 Å². The summed E-state index contributed by atoms with van der Waals surface area (Å²) in [4.78, 5) is 11.1. The molecule has 86 valence electrons. The SMILES string of the molecule is O=C(O)c1[nH]nc2c1c(Br)c(Br)c1[nH]ncc12. The van der Waals surface area contributed by atoms with E-state index in [9.17, 15) is 4.79 Å². The molecule has 0 atom stereocenters. The molecule has 3 N–H and O–H groups in total. The van der Waals surface area contributed by atoms with Gasteiger partial charge in [-0.3, -0.25) is 10.2 Å². The van der Waals surface area contributed by atoms with Crippen LogP contribution in [0.5, 0.6) is 0 Å². The molecule has 0 amide bonds. The van der Waals surface area contributed by atoms with Gasteiger partial charge in [-0.15, -0.1) is 0 Å². The Morgan fingerprint density at radius 3 is 2.76 bits per heavy atom. The molecule has 17 heavy (non-hydrogen) atoms. The predicted octanol–water partition coefficient (Wildman–Crippen LogP) is 2.66. The van der Waals surface area contributed by atoms with Gasteiger partial charge < -0.3 is 5.11 Å². The smallest absolute Gasteiger partial charge is 0.354 e. The summed E-state index contributed by atoms with van der Waals surface area (Å²) < 4.78 is 1.36. The number of benzene rings is 1. The first kappa shape index (κ1) is 10.7. The minimum Gasteiger partial charge on any atom is -0.477 e. The monoisotopic (exact) mass is 358 g/mol. The number of aromatic amines is 2. The number of nitrogens with zero attached hydrogens (tertiary/aromatic N) is 2. The summed E-state index contributed by atoms with van der Waals surface area (Å²) in [5.74, 6) is -1.05. The first-order chi connectivity index (χ1) is 8.11. The molecule has 0 bridgehead atoms. The van der Waals surface area contributed by atoms with Crippen molar-refractivity contribution in [1.29, 1.82) is 0 Å². The molecule has 3 rings (SSSR count). The molecular weight excluding hydrogens is 356 g/mol. The molecule has 0 aliphatic heterocycles. The molecule has 3 aromatic rings. The van der Waals surface area contributed by atoms with Gasteiger partial charge in [0.05, 0.1) is 21.6 Å². The minimum atomic E-state index is -1.05. The number of carbonyl (C=O) groups is 1. The second-order valence-electron chi connectivity index (χ2n) is 3.41. The standard InChI is InChI=1S/C9H4Br2N4O2/c10-4-3-6(14-15-8(3)9(16)17)2-1-12-13-7(2)5(4)11/h1H,(H,12,13)(H,14,15)(H,16,17). The van der Waals surface area contributed by atoms with Crippen molar-refractivity contribution in [1.82, 2.24) is 20.4 Å². The van der Waals surface area contributed by atoms with Gasteiger partial charge in [0.25, 0.3) is 0 Å². The van der Waals surface area contributed by atoms with Crippen molar-refractivity contribution in [3.8, 4) is 0 Å². The second-order valence-corrected chi connectivity index (χ2v) is 5.00. The van der Waals surface area contributed by atoms with Crippen molar-refractivity contribution in [3.05, 3.63) is 20.8 Å². The van der Waals surface area contributed by atoms with E-state index in [0.29, 0.717) is 15.4 Å². The third-order valence-corrected chi connectivity index (χ3v) is 4.62. The molecule has 0 unspecified atom stereocenters. The van der Waals surface area contributed by atoms with E-state index in [-0.39, 0.29) is 5.69 Å². The van der Waals surface area contributed by atoms with Gasteiger partial charge in [-0.1, -0.05) is 0 Å². The molecule has 0 saturated heterocycles. The van der Waals surface area contributed by atoms with Crippen LogP contribution in [-0.4, -0.2) is 31.5 Å². The first-order valence-corrected chi connectivity index (χ1v) is 6.11. The molecule has 1 aromatic carbocycles. The number of rotatable bonds is 1. The number of carboxylic acids is 1. The Morgan fingerprint density at radius 2 is 2.06 bits per heavy atom. The molecule has 0 spiro atoms. The predicted molar refractivity (Wildman–Crippen MR) is 68.1 cm³/mol. The maximum atomic E-state index is 11.1. The molecule has 8 heteroatoms. The summed E-state index contributed by atoms with van der Waals surface area (Å²) in [7, 11) is 0. The van der Waals surface area contributed by atoms with Crippen molar-refractivity contribution in [2.75, 3.05) is 0 Å². The largest absolute Gasteiger partial charge is 0.477 e. The lowest BCUT2D eigenvalue weighted by Crippen LogP contribution is -1.97. The van der Waals surface area contributed by atoms with Gasteiger partial charge in [0, 0.05) is 9.86 Å². The Hall–Kier alpha value is -1.41. The van der Waals surface area contributed by atoms with E-state index >= 15 is 0 Å². The molecule has 0 saturated carbocycles. The highest BCUT2D eigenvalue weighted by Crippen LogP contribution is 2.38. The van der Waals surface area contributed by atoms with Gasteiger partial charge in [0.15, 0.2) is 5.69 Å². The molecule has 0 fully saturated rings. The van der Waals surface area contributed by atoms with Crippen LogP contribution >= 0.6 is 31.9 Å². The number of carboxylic acid groups (broad SMARTS) is 1. The maximum absolute atomic E-state index is 11.1. The summed E-state index contributed by atoms with van der Waals surface area (Å²) in [6.07, 6.45) is 1.61. The van der Waals surface area contributed by atoms with E-state index in [4.69, 9.17) is 5.11 Å². The Bertz CT molecular complexity index is 761. The molecule has 0 aliphatic carbocycles. The van der Waals surface area contributed by atoms with E-state index in [0.717, 1.165) is 15.4 Å². The first-order valence-electron chi connectivity index (χ1n) is 4.52. The zero-order valence-electron chi connectivity index (χ0n) is 8.08. The fraction of sp³-hybridized carbons (Fsp3) is 0. The Balaban J connectivity index is 2.62. The highest BCUT2D eigenvalue weighted by atomic mass is 79.9. The number of aromatic carboxylic acids is 1. The number of hydrogen-bond donors (Lipinski definition) is 3. The number of hydrogen-bond acceptors (Lipinski definition) is 3. The third kappa shape index (κ3) is 1.34. The Labute approximate surface area is 111 Å². The average Bonchev–Trinajstić information content (AvgIpc) is 2.90. The van der Waals surface area contributed by atoms with Gasteiger partial charge in [0.1, 0.15) is 5.52 Å². The van der Waals surface area contributed by atoms with E-state index in [2.05, 4.69) is 52.3 Å². The van der Waals surface area contributed by atoms with E-state index in [1.54, 1.807) is 6.20 Å². The fourth-order valence-electron chi connectivity index (χ4n) is 1.76. The Morgan fingerprint density at radius 1 is 1.29 bits per heavy atom. The molecule has 6 nitrogen and oxygen atoms in total. The normalized spacial score (nSPS) is 11.4. The van der Waals surface area contributed by atoms with Crippen LogP contribution in [-0.2, 0) is 0 Å². The van der Waals surface area contributed by atoms with Gasteiger partial charge >= 0.3 is 5.97 Å². The minimum absolute atomic E-state index is 0.0516. The molecular formula is C9H4Br2N4O2. The third-order valence-electron chi connectivity index (χ3n) is 2.51. The number of aromatic nitrogens is 4. The van der Waals surface area contributed by atoms with Crippen LogP contribution < -0.4 is 0 Å². The summed E-state index contributed by atoms with van der Waals surface area (Å²) in [5, 5.41) is 23.7.